The molecule has 5 rings (SSSR count). The fourth-order valence-electron chi connectivity index (χ4n) is 4.73. The van der Waals surface area contributed by atoms with Crippen LogP contribution in [0.2, 0.25) is 0 Å². The number of fused-ring (bicyclic) bond motifs is 3. The molecule has 0 aliphatic carbocycles. The van der Waals surface area contributed by atoms with Crippen molar-refractivity contribution in [1.82, 2.24) is 15.2 Å². The van der Waals surface area contributed by atoms with Crippen LogP contribution in [0, 0.1) is 11.3 Å². The molecule has 8 nitrogen and oxygen atoms in total. The molecule has 2 fully saturated rings. The van der Waals surface area contributed by atoms with Crippen molar-refractivity contribution in [2.45, 2.75) is 37.9 Å². The van der Waals surface area contributed by atoms with E-state index in [0.29, 0.717) is 42.2 Å². The number of nitrogens with one attached hydrogen (secondary N) is 1. The summed E-state index contributed by atoms with van der Waals surface area (Å²) in [5.74, 6) is 0.663. The third kappa shape index (κ3) is 3.70. The second-order valence-electron chi connectivity index (χ2n) is 8.12. The smallest absolute Gasteiger partial charge is 0.260 e. The highest BCUT2D eigenvalue weighted by Crippen LogP contribution is 2.38. The number of methoxy groups -OCH3 is 1. The van der Waals surface area contributed by atoms with E-state index < -0.39 is 0 Å². The molecule has 0 spiro atoms. The van der Waals surface area contributed by atoms with Gasteiger partial charge in [0.05, 0.1) is 24.9 Å². The molecule has 2 atom stereocenters. The molecule has 2 unspecified atom stereocenters. The average Bonchev–Trinajstić information content (AvgIpc) is 3.33. The second-order valence-corrected chi connectivity index (χ2v) is 9.18. The molecule has 1 amide bonds. The fourth-order valence-corrected chi connectivity index (χ4v) is 6.00. The van der Waals surface area contributed by atoms with E-state index in [4.69, 9.17) is 14.5 Å². The number of piperazine rings is 1. The first-order valence-electron chi connectivity index (χ1n) is 10.6. The summed E-state index contributed by atoms with van der Waals surface area (Å²) in [5, 5.41) is 13.9. The number of hydrogen-bond donors (Lipinski definition) is 1. The molecular weight excluding hydrogens is 414 g/mol. The minimum atomic E-state index is -0.127. The predicted octanol–water partition coefficient (Wildman–Crippen LogP) is 1.93. The number of rotatable bonds is 5. The van der Waals surface area contributed by atoms with Gasteiger partial charge < -0.3 is 24.6 Å². The van der Waals surface area contributed by atoms with Crippen LogP contribution in [0.25, 0.3) is 0 Å². The van der Waals surface area contributed by atoms with Gasteiger partial charge in [-0.1, -0.05) is 17.4 Å². The van der Waals surface area contributed by atoms with E-state index in [-0.39, 0.29) is 12.5 Å². The molecule has 2 aromatic rings. The minimum Gasteiger partial charge on any atom is -0.493 e. The first-order chi connectivity index (χ1) is 15.2. The van der Waals surface area contributed by atoms with Crippen molar-refractivity contribution in [3.63, 3.8) is 0 Å². The highest BCUT2D eigenvalue weighted by molar-refractivity contribution is 7.15. The summed E-state index contributed by atoms with van der Waals surface area (Å²) in [4.78, 5) is 23.3. The molecule has 2 saturated heterocycles. The lowest BCUT2D eigenvalue weighted by Crippen LogP contribution is -2.51. The number of ether oxygens (including phenoxy) is 2. The molecule has 3 aliphatic rings. The number of nitrogens with zero attached hydrogens (tertiary/aromatic N) is 4. The zero-order valence-electron chi connectivity index (χ0n) is 17.5. The third-order valence-electron chi connectivity index (χ3n) is 6.33. The van der Waals surface area contributed by atoms with Crippen LogP contribution in [0.15, 0.2) is 18.2 Å². The van der Waals surface area contributed by atoms with Gasteiger partial charge in [-0.25, -0.2) is 4.98 Å². The summed E-state index contributed by atoms with van der Waals surface area (Å²) in [5.41, 5.74) is 1.48. The Bertz CT molecular complexity index is 1020. The number of anilines is 1. The maximum atomic E-state index is 12.8. The topological polar surface area (TPSA) is 90.7 Å². The van der Waals surface area contributed by atoms with Gasteiger partial charge in [-0.15, -0.1) is 0 Å². The van der Waals surface area contributed by atoms with E-state index >= 15 is 0 Å². The van der Waals surface area contributed by atoms with Crippen molar-refractivity contribution >= 4 is 22.4 Å². The molecule has 4 heterocycles. The van der Waals surface area contributed by atoms with Gasteiger partial charge in [-0.05, 0) is 25.0 Å². The van der Waals surface area contributed by atoms with E-state index in [1.807, 2.05) is 4.90 Å². The third-order valence-corrected chi connectivity index (χ3v) is 7.43. The predicted molar refractivity (Wildman–Crippen MR) is 117 cm³/mol. The van der Waals surface area contributed by atoms with Crippen LogP contribution < -0.4 is 19.7 Å². The molecule has 1 aromatic heterocycles. The van der Waals surface area contributed by atoms with Crippen molar-refractivity contribution in [2.75, 3.05) is 38.3 Å². The summed E-state index contributed by atoms with van der Waals surface area (Å²) in [6.07, 6.45) is 3.20. The Kier molecular flexibility index (Phi) is 5.42. The lowest BCUT2D eigenvalue weighted by atomic mass is 10.2. The number of hydrogen-bond acceptors (Lipinski definition) is 8. The van der Waals surface area contributed by atoms with Crippen LogP contribution in [-0.4, -0.2) is 61.2 Å². The minimum absolute atomic E-state index is 0.0994. The van der Waals surface area contributed by atoms with Crippen LogP contribution in [0.5, 0.6) is 11.5 Å². The zero-order valence-corrected chi connectivity index (χ0v) is 18.3. The Balaban J connectivity index is 1.26. The van der Waals surface area contributed by atoms with Gasteiger partial charge in [0.15, 0.2) is 23.2 Å². The van der Waals surface area contributed by atoms with E-state index in [2.05, 4.69) is 16.3 Å². The van der Waals surface area contributed by atoms with Gasteiger partial charge in [0.1, 0.15) is 6.07 Å². The Morgan fingerprint density at radius 3 is 2.90 bits per heavy atom. The maximum Gasteiger partial charge on any atom is 0.260 e. The van der Waals surface area contributed by atoms with E-state index in [9.17, 15) is 10.1 Å². The molecule has 0 saturated carbocycles. The van der Waals surface area contributed by atoms with E-state index in [1.54, 1.807) is 29.5 Å². The Labute approximate surface area is 185 Å². The number of carbonyl (C=O) groups is 1. The fraction of sp³-hybridized carbons (Fsp3) is 0.500. The number of thiazole rings is 1. The summed E-state index contributed by atoms with van der Waals surface area (Å²) in [7, 11) is 1.52. The Morgan fingerprint density at radius 2 is 2.16 bits per heavy atom. The molecule has 3 aliphatic heterocycles. The molecule has 0 radical (unpaired) electrons. The molecule has 2 bridgehead atoms. The van der Waals surface area contributed by atoms with Crippen molar-refractivity contribution in [1.29, 1.82) is 5.26 Å². The van der Waals surface area contributed by atoms with Gasteiger partial charge >= 0.3 is 0 Å². The summed E-state index contributed by atoms with van der Waals surface area (Å²) < 4.78 is 11.0. The largest absolute Gasteiger partial charge is 0.493 e. The first kappa shape index (κ1) is 20.1. The highest BCUT2D eigenvalue weighted by atomic mass is 32.1. The average molecular weight is 440 g/mol. The van der Waals surface area contributed by atoms with Crippen molar-refractivity contribution in [3.8, 4) is 17.6 Å². The summed E-state index contributed by atoms with van der Waals surface area (Å²) in [6, 6.07) is 8.25. The van der Waals surface area contributed by atoms with Crippen molar-refractivity contribution < 1.29 is 14.3 Å². The number of nitriles is 1. The number of aromatic nitrogens is 1. The lowest BCUT2D eigenvalue weighted by molar-refractivity contribution is -0.134. The quantitative estimate of drug-likeness (QED) is 0.761. The normalized spacial score (nSPS) is 22.1. The van der Waals surface area contributed by atoms with E-state index in [1.165, 1.54) is 24.8 Å². The standard InChI is InChI=1S/C22H25N5O3S/c1-29-18-4-2-3-14(9-23)21(18)30-13-20(28)26-8-7-17-19(12-26)31-22(25-17)27-15-5-6-16(27)11-24-10-15/h2-4,15-16,24H,5-8,10-13H2,1H3. The zero-order chi connectivity index (χ0) is 21.4. The van der Waals surface area contributed by atoms with Gasteiger partial charge in [0.25, 0.3) is 5.91 Å². The van der Waals surface area contributed by atoms with Gasteiger partial charge in [-0.2, -0.15) is 5.26 Å². The maximum absolute atomic E-state index is 12.8. The Hall–Kier alpha value is -2.83. The van der Waals surface area contributed by atoms with Crippen molar-refractivity contribution in [2.24, 2.45) is 0 Å². The molecule has 31 heavy (non-hydrogen) atoms. The highest BCUT2D eigenvalue weighted by Gasteiger charge is 2.39. The van der Waals surface area contributed by atoms with Crippen LogP contribution in [-0.2, 0) is 17.8 Å². The first-order valence-corrected chi connectivity index (χ1v) is 11.4. The van der Waals surface area contributed by atoms with Crippen LogP contribution in [0.1, 0.15) is 29.0 Å². The molecule has 162 valence electrons. The lowest BCUT2D eigenvalue weighted by Gasteiger charge is -2.35. The monoisotopic (exact) mass is 439 g/mol. The molecule has 1 aromatic carbocycles. The number of carbonyl (C=O) groups excluding carboxylic acids is 1. The number of para-hydroxylation sites is 1. The van der Waals surface area contributed by atoms with Gasteiger partial charge in [0, 0.05) is 43.0 Å². The second kappa shape index (κ2) is 8.36. The summed E-state index contributed by atoms with van der Waals surface area (Å²) in [6.45, 7) is 3.11. The summed E-state index contributed by atoms with van der Waals surface area (Å²) >= 11 is 1.73. The van der Waals surface area contributed by atoms with Crippen LogP contribution >= 0.6 is 11.3 Å². The SMILES string of the molecule is COc1cccc(C#N)c1OCC(=O)N1CCc2nc(N3C4CCC3CNC4)sc2C1. The van der Waals surface area contributed by atoms with Crippen molar-refractivity contribution in [3.05, 3.63) is 34.3 Å². The van der Waals surface area contributed by atoms with Gasteiger partial charge in [-0.3, -0.25) is 4.79 Å². The molecule has 1 N–H and O–H groups in total. The van der Waals surface area contributed by atoms with E-state index in [0.717, 1.165) is 30.3 Å². The Morgan fingerprint density at radius 1 is 1.35 bits per heavy atom. The van der Waals surface area contributed by atoms with Gasteiger partial charge in [0.2, 0.25) is 0 Å². The number of amides is 1. The molecular formula is C22H25N5O3S. The van der Waals surface area contributed by atoms with Crippen LogP contribution in [0.3, 0.4) is 0 Å². The molecule has 9 heteroatoms. The number of benzene rings is 1. The van der Waals surface area contributed by atoms with Crippen LogP contribution in [0.4, 0.5) is 5.13 Å².